The summed E-state index contributed by atoms with van der Waals surface area (Å²) in [5, 5.41) is 0. The van der Waals surface area contributed by atoms with Gasteiger partial charge in [0, 0.05) is 0 Å². The van der Waals surface area contributed by atoms with E-state index in [0.717, 1.165) is 6.08 Å². The minimum atomic E-state index is -4.23. The number of hydrogen-bond donors (Lipinski definition) is 0. The van der Waals surface area contributed by atoms with Gasteiger partial charge in [-0.1, -0.05) is 0 Å². The fraction of sp³-hybridized carbons (Fsp3) is 0.333. The van der Waals surface area contributed by atoms with Crippen LogP contribution in [0, 0.1) is 0 Å². The average Bonchev–Trinajstić information content (AvgIpc) is 2.11. The fourth-order valence-electron chi connectivity index (χ4n) is 0.714. The number of hydrogen-bond acceptors (Lipinski definition) is 0. The zero-order valence-corrected chi connectivity index (χ0v) is 5.87. The summed E-state index contributed by atoms with van der Waals surface area (Å²) < 4.78 is 35.7. The molecule has 0 amide bonds. The van der Waals surface area contributed by atoms with E-state index in [1.807, 2.05) is 0 Å². The van der Waals surface area contributed by atoms with Crippen molar-refractivity contribution in [1.29, 1.82) is 0 Å². The van der Waals surface area contributed by atoms with Crippen molar-refractivity contribution in [3.63, 3.8) is 0 Å². The molecule has 0 nitrogen and oxygen atoms in total. The van der Waals surface area contributed by atoms with Crippen molar-refractivity contribution >= 4 is 0 Å². The van der Waals surface area contributed by atoms with E-state index in [0.29, 0.717) is 6.42 Å². The summed E-state index contributed by atoms with van der Waals surface area (Å²) in [6.07, 6.45) is -1.43. The van der Waals surface area contributed by atoms with E-state index >= 15 is 0 Å². The molecule has 0 fully saturated rings. The zero-order chi connectivity index (χ0) is 7.78. The Bertz CT molecular complexity index is 200. The molecule has 10 heavy (non-hydrogen) atoms. The molecule has 0 N–H and O–H groups in total. The number of rotatable bonds is 0. The van der Waals surface area contributed by atoms with Gasteiger partial charge in [0.15, 0.2) is 0 Å². The Balaban J connectivity index is 2.91. The van der Waals surface area contributed by atoms with Gasteiger partial charge in [-0.3, -0.25) is 0 Å². The molecule has 1 aliphatic carbocycles. The maximum atomic E-state index is 11.9. The molecule has 4 heteroatoms. The molecule has 0 bridgehead atoms. The molecule has 1 aliphatic rings. The first-order valence-electron chi connectivity index (χ1n) is 2.62. The zero-order valence-electron chi connectivity index (χ0n) is 4.83. The van der Waals surface area contributed by atoms with E-state index in [4.69, 9.17) is 0 Å². The summed E-state index contributed by atoms with van der Waals surface area (Å²) >= 11 is 3.73. The summed E-state index contributed by atoms with van der Waals surface area (Å²) in [7, 11) is 0. The standard InChI is InChI=1S/C6H4F3.Co/c7-6(8,9)5-3-1-2-4-5;/h1,3H,2H2;. The molecule has 0 aromatic heterocycles. The average molecular weight is 192 g/mol. The van der Waals surface area contributed by atoms with Gasteiger partial charge in [0.1, 0.15) is 0 Å². The predicted molar refractivity (Wildman–Crippen MR) is 26.8 cm³/mol. The van der Waals surface area contributed by atoms with E-state index in [2.05, 4.69) is 15.7 Å². The van der Waals surface area contributed by atoms with Gasteiger partial charge in [0.2, 0.25) is 0 Å². The van der Waals surface area contributed by atoms with E-state index in [1.54, 1.807) is 0 Å². The molecule has 58 valence electrons. The third-order valence-corrected chi connectivity index (χ3v) is 1.65. The first kappa shape index (κ1) is 7.88. The summed E-state index contributed by atoms with van der Waals surface area (Å²) in [6, 6.07) is 0. The Morgan fingerprint density at radius 1 is 1.40 bits per heavy atom. The van der Waals surface area contributed by atoms with E-state index < -0.39 is 11.7 Å². The summed E-state index contributed by atoms with van der Waals surface area (Å²) in [5.74, 6) is 0. The molecule has 0 spiro atoms. The molecule has 0 saturated carbocycles. The van der Waals surface area contributed by atoms with Crippen molar-refractivity contribution in [3.8, 4) is 0 Å². The Morgan fingerprint density at radius 2 is 2.00 bits per heavy atom. The monoisotopic (exact) mass is 192 g/mol. The summed E-state index contributed by atoms with van der Waals surface area (Å²) in [5.41, 5.74) is -0.618. The van der Waals surface area contributed by atoms with E-state index in [1.165, 1.54) is 6.08 Å². The Labute approximate surface area is 64.4 Å². The van der Waals surface area contributed by atoms with Crippen molar-refractivity contribution in [3.05, 3.63) is 22.2 Å². The van der Waals surface area contributed by atoms with Crippen molar-refractivity contribution in [1.82, 2.24) is 0 Å². The maximum absolute atomic E-state index is 11.9. The van der Waals surface area contributed by atoms with Crippen LogP contribution in [0.15, 0.2) is 22.2 Å². The summed E-state index contributed by atoms with van der Waals surface area (Å²) in [6.45, 7) is 0. The number of halogens is 3. The van der Waals surface area contributed by atoms with Crippen molar-refractivity contribution in [2.75, 3.05) is 0 Å². The van der Waals surface area contributed by atoms with E-state index in [9.17, 15) is 13.2 Å². The molecule has 0 saturated heterocycles. The van der Waals surface area contributed by atoms with Gasteiger partial charge in [-0.15, -0.1) is 0 Å². The third kappa shape index (κ3) is 1.43. The molecular formula is C6H4CoF3. The molecule has 0 radical (unpaired) electrons. The SMILES string of the molecule is FC(F)(F)C1=[C]([Co])CC=C1. The molecule has 0 heterocycles. The van der Waals surface area contributed by atoms with Crippen molar-refractivity contribution in [2.24, 2.45) is 0 Å². The molecule has 0 atom stereocenters. The second-order valence-electron chi connectivity index (χ2n) is 1.90. The van der Waals surface area contributed by atoms with Crippen LogP contribution in [0.4, 0.5) is 13.2 Å². The van der Waals surface area contributed by atoms with Crippen LogP contribution in [0.3, 0.4) is 0 Å². The second-order valence-corrected chi connectivity index (χ2v) is 2.52. The summed E-state index contributed by atoms with van der Waals surface area (Å²) in [4.78, 5) is 0. The van der Waals surface area contributed by atoms with Crippen LogP contribution < -0.4 is 0 Å². The molecule has 0 unspecified atom stereocenters. The number of alkyl halides is 3. The van der Waals surface area contributed by atoms with Gasteiger partial charge in [0.05, 0.1) is 0 Å². The van der Waals surface area contributed by atoms with Crippen LogP contribution in [0.25, 0.3) is 0 Å². The first-order chi connectivity index (χ1) is 4.52. The van der Waals surface area contributed by atoms with Gasteiger partial charge >= 0.3 is 63.7 Å². The van der Waals surface area contributed by atoms with Gasteiger partial charge in [-0.25, -0.2) is 0 Å². The topological polar surface area (TPSA) is 0 Å². The quantitative estimate of drug-likeness (QED) is 0.552. The Morgan fingerprint density at radius 3 is 2.20 bits per heavy atom. The van der Waals surface area contributed by atoms with Crippen LogP contribution in [-0.4, -0.2) is 6.18 Å². The second kappa shape index (κ2) is 2.43. The van der Waals surface area contributed by atoms with E-state index in [-0.39, 0.29) is 4.51 Å². The molecular weight excluding hydrogens is 188 g/mol. The Kier molecular flexibility index (Phi) is 1.92. The van der Waals surface area contributed by atoms with Crippen molar-refractivity contribution in [2.45, 2.75) is 12.6 Å². The predicted octanol–water partition coefficient (Wildman–Crippen LogP) is 2.31. The van der Waals surface area contributed by atoms with Crippen LogP contribution in [0.1, 0.15) is 6.42 Å². The third-order valence-electron chi connectivity index (χ3n) is 1.16. The minimum absolute atomic E-state index is 0.0972. The fourth-order valence-corrected chi connectivity index (χ4v) is 1.07. The van der Waals surface area contributed by atoms with Crippen LogP contribution in [-0.2, 0) is 15.7 Å². The molecule has 0 aromatic rings. The molecule has 0 aromatic carbocycles. The van der Waals surface area contributed by atoms with Gasteiger partial charge in [-0.2, -0.15) is 0 Å². The Hall–Kier alpha value is -0.224. The van der Waals surface area contributed by atoms with Crippen LogP contribution in [0.2, 0.25) is 0 Å². The number of allylic oxidation sites excluding steroid dienone is 4. The normalized spacial score (nSPS) is 18.9. The first-order valence-corrected chi connectivity index (χ1v) is 3.14. The molecule has 0 aliphatic heterocycles. The van der Waals surface area contributed by atoms with Crippen LogP contribution in [0.5, 0.6) is 0 Å². The van der Waals surface area contributed by atoms with Crippen LogP contribution >= 0.6 is 0 Å². The van der Waals surface area contributed by atoms with Gasteiger partial charge in [-0.05, 0) is 0 Å². The molecule has 1 rings (SSSR count). The van der Waals surface area contributed by atoms with Gasteiger partial charge < -0.3 is 0 Å². The van der Waals surface area contributed by atoms with Crippen molar-refractivity contribution < 1.29 is 28.9 Å². The van der Waals surface area contributed by atoms with Gasteiger partial charge in [0.25, 0.3) is 0 Å².